The molecule has 0 heterocycles. The molecule has 0 unspecified atom stereocenters. The number of fused-ring (bicyclic) bond motifs is 2. The van der Waals surface area contributed by atoms with Crippen LogP contribution in [0.5, 0.6) is 0 Å². The number of carbonyl (C=O) groups excluding carboxylic acids is 3. The first-order chi connectivity index (χ1) is 10.6. The molecule has 1 aromatic rings. The second-order valence-electron chi connectivity index (χ2n) is 7.73. The van der Waals surface area contributed by atoms with Gasteiger partial charge in [0.05, 0.1) is 5.41 Å². The molecule has 2 atom stereocenters. The largest absolute Gasteiger partial charge is 0.326 e. The molecular formula is C19H23NO3. The van der Waals surface area contributed by atoms with Gasteiger partial charge >= 0.3 is 0 Å². The van der Waals surface area contributed by atoms with Crippen LogP contribution >= 0.6 is 0 Å². The van der Waals surface area contributed by atoms with Crippen molar-refractivity contribution in [1.29, 1.82) is 0 Å². The zero-order valence-corrected chi connectivity index (χ0v) is 14.2. The number of carbonyl (C=O) groups is 3. The van der Waals surface area contributed by atoms with E-state index in [2.05, 4.69) is 5.32 Å². The molecule has 4 heteroatoms. The number of hydrogen-bond donors (Lipinski definition) is 1. The molecule has 1 aromatic carbocycles. The van der Waals surface area contributed by atoms with Crippen molar-refractivity contribution in [3.8, 4) is 0 Å². The molecule has 2 bridgehead atoms. The minimum absolute atomic E-state index is 0.0379. The third kappa shape index (κ3) is 1.93. The van der Waals surface area contributed by atoms with Crippen molar-refractivity contribution >= 4 is 23.2 Å². The van der Waals surface area contributed by atoms with Crippen molar-refractivity contribution in [3.63, 3.8) is 0 Å². The van der Waals surface area contributed by atoms with Crippen molar-refractivity contribution in [2.45, 2.75) is 47.0 Å². The number of benzene rings is 1. The standard InChI is InChI=1S/C19H23NO3/c1-12(21)13-6-5-7-14(10-13)20-16(23)19-9-8-18(4,15(22)11-19)17(19,2)3/h5-7,10H,8-9,11H2,1-4H3,(H,20,23)/t18-,19+/m0/s1. The highest BCUT2D eigenvalue weighted by atomic mass is 16.2. The van der Waals surface area contributed by atoms with Crippen LogP contribution in [0.3, 0.4) is 0 Å². The van der Waals surface area contributed by atoms with E-state index in [1.807, 2.05) is 20.8 Å². The summed E-state index contributed by atoms with van der Waals surface area (Å²) >= 11 is 0. The van der Waals surface area contributed by atoms with E-state index in [4.69, 9.17) is 0 Å². The maximum atomic E-state index is 13.0. The molecule has 4 nitrogen and oxygen atoms in total. The number of nitrogens with one attached hydrogen (secondary N) is 1. The molecular weight excluding hydrogens is 290 g/mol. The van der Waals surface area contributed by atoms with Crippen LogP contribution in [-0.4, -0.2) is 17.5 Å². The van der Waals surface area contributed by atoms with Crippen LogP contribution < -0.4 is 5.32 Å². The summed E-state index contributed by atoms with van der Waals surface area (Å²) < 4.78 is 0. The first-order valence-electron chi connectivity index (χ1n) is 8.10. The van der Waals surface area contributed by atoms with E-state index in [-0.39, 0.29) is 22.9 Å². The third-order valence-electron chi connectivity index (χ3n) is 6.67. The molecule has 1 N–H and O–H groups in total. The van der Waals surface area contributed by atoms with Crippen LogP contribution in [0.15, 0.2) is 24.3 Å². The van der Waals surface area contributed by atoms with Crippen molar-refractivity contribution in [3.05, 3.63) is 29.8 Å². The van der Waals surface area contributed by atoms with Crippen molar-refractivity contribution in [1.82, 2.24) is 0 Å². The Labute approximate surface area is 136 Å². The fourth-order valence-electron chi connectivity index (χ4n) is 4.43. The number of Topliss-reactive ketones (excluding diaryl/α,β-unsaturated/α-hetero) is 2. The molecule has 122 valence electrons. The summed E-state index contributed by atoms with van der Waals surface area (Å²) in [5.41, 5.74) is -0.241. The molecule has 0 aromatic heterocycles. The number of hydrogen-bond acceptors (Lipinski definition) is 3. The van der Waals surface area contributed by atoms with Gasteiger partial charge in [0.15, 0.2) is 5.78 Å². The number of ketones is 2. The summed E-state index contributed by atoms with van der Waals surface area (Å²) in [6.45, 7) is 7.57. The lowest BCUT2D eigenvalue weighted by atomic mass is 9.64. The van der Waals surface area contributed by atoms with Gasteiger partial charge in [-0.15, -0.1) is 0 Å². The van der Waals surface area contributed by atoms with Crippen LogP contribution in [0.25, 0.3) is 0 Å². The highest BCUT2D eigenvalue weighted by Gasteiger charge is 2.72. The van der Waals surface area contributed by atoms with Gasteiger partial charge in [-0.05, 0) is 37.3 Å². The van der Waals surface area contributed by atoms with E-state index in [0.29, 0.717) is 17.7 Å². The van der Waals surface area contributed by atoms with Gasteiger partial charge in [-0.25, -0.2) is 0 Å². The molecule has 0 saturated heterocycles. The van der Waals surface area contributed by atoms with Crippen LogP contribution in [0.2, 0.25) is 0 Å². The topological polar surface area (TPSA) is 63.2 Å². The van der Waals surface area contributed by atoms with Gasteiger partial charge in [0.2, 0.25) is 5.91 Å². The molecule has 2 aliphatic carbocycles. The lowest BCUT2D eigenvalue weighted by Gasteiger charge is -2.38. The van der Waals surface area contributed by atoms with E-state index >= 15 is 0 Å². The zero-order valence-electron chi connectivity index (χ0n) is 14.2. The Morgan fingerprint density at radius 3 is 2.35 bits per heavy atom. The number of rotatable bonds is 3. The lowest BCUT2D eigenvalue weighted by Crippen LogP contribution is -2.43. The fraction of sp³-hybridized carbons (Fsp3) is 0.526. The second kappa shape index (κ2) is 4.76. The van der Waals surface area contributed by atoms with Crippen molar-refractivity contribution < 1.29 is 14.4 Å². The fourth-order valence-corrected chi connectivity index (χ4v) is 4.43. The molecule has 1 amide bonds. The van der Waals surface area contributed by atoms with E-state index < -0.39 is 10.8 Å². The second-order valence-corrected chi connectivity index (χ2v) is 7.73. The first-order valence-corrected chi connectivity index (χ1v) is 8.10. The van der Waals surface area contributed by atoms with E-state index in [1.54, 1.807) is 24.3 Å². The summed E-state index contributed by atoms with van der Waals surface area (Å²) in [5.74, 6) is 0.0586. The Kier molecular flexibility index (Phi) is 3.29. The maximum Gasteiger partial charge on any atom is 0.231 e. The average molecular weight is 313 g/mol. The molecule has 0 aliphatic heterocycles. The number of amides is 1. The highest BCUT2D eigenvalue weighted by molar-refractivity contribution is 6.05. The molecule has 2 saturated carbocycles. The van der Waals surface area contributed by atoms with Gasteiger partial charge in [-0.2, -0.15) is 0 Å². The minimum Gasteiger partial charge on any atom is -0.326 e. The van der Waals surface area contributed by atoms with Gasteiger partial charge in [0.1, 0.15) is 5.78 Å². The molecule has 23 heavy (non-hydrogen) atoms. The van der Waals surface area contributed by atoms with E-state index in [1.165, 1.54) is 6.92 Å². The SMILES string of the molecule is CC(=O)c1cccc(NC(=O)[C@@]23CC[C@@](C)(C(=O)C2)C3(C)C)c1. The average Bonchev–Trinajstić information content (AvgIpc) is 2.78. The predicted octanol–water partition coefficient (Wildman–Crippen LogP) is 3.61. The summed E-state index contributed by atoms with van der Waals surface area (Å²) in [7, 11) is 0. The van der Waals surface area contributed by atoms with E-state index in [0.717, 1.165) is 12.8 Å². The predicted molar refractivity (Wildman–Crippen MR) is 88.3 cm³/mol. The maximum absolute atomic E-state index is 13.0. The van der Waals surface area contributed by atoms with Crippen molar-refractivity contribution in [2.24, 2.45) is 16.2 Å². The summed E-state index contributed by atoms with van der Waals surface area (Å²) in [6.07, 6.45) is 1.81. The molecule has 2 aliphatic rings. The molecule has 0 spiro atoms. The molecule has 2 fully saturated rings. The van der Waals surface area contributed by atoms with Gasteiger partial charge in [-0.3, -0.25) is 14.4 Å². The first kappa shape index (κ1) is 15.9. The Hall–Kier alpha value is -1.97. The molecule has 0 radical (unpaired) electrons. The Morgan fingerprint density at radius 1 is 1.13 bits per heavy atom. The summed E-state index contributed by atoms with van der Waals surface area (Å²) in [6, 6.07) is 6.95. The number of anilines is 1. The highest BCUT2D eigenvalue weighted by Crippen LogP contribution is 2.70. The Bertz CT molecular complexity index is 721. The minimum atomic E-state index is -0.648. The van der Waals surface area contributed by atoms with Crippen molar-refractivity contribution in [2.75, 3.05) is 5.32 Å². The van der Waals surface area contributed by atoms with Crippen LogP contribution in [-0.2, 0) is 9.59 Å². The van der Waals surface area contributed by atoms with Gasteiger partial charge in [0.25, 0.3) is 0 Å². The normalized spacial score (nSPS) is 31.2. The third-order valence-corrected chi connectivity index (χ3v) is 6.67. The summed E-state index contributed by atoms with van der Waals surface area (Å²) in [4.78, 5) is 37.0. The Morgan fingerprint density at radius 2 is 1.83 bits per heavy atom. The zero-order chi connectivity index (χ0) is 17.0. The van der Waals surface area contributed by atoms with Crippen LogP contribution in [0.1, 0.15) is 57.3 Å². The summed E-state index contributed by atoms with van der Waals surface area (Å²) in [5, 5.41) is 2.95. The van der Waals surface area contributed by atoms with Gasteiger partial charge in [0, 0.05) is 23.1 Å². The Balaban J connectivity index is 1.91. The monoisotopic (exact) mass is 313 g/mol. The van der Waals surface area contributed by atoms with Gasteiger partial charge < -0.3 is 5.32 Å². The van der Waals surface area contributed by atoms with Crippen LogP contribution in [0, 0.1) is 16.2 Å². The molecule has 3 rings (SSSR count). The lowest BCUT2D eigenvalue weighted by molar-refractivity contribution is -0.131. The van der Waals surface area contributed by atoms with Crippen LogP contribution in [0.4, 0.5) is 5.69 Å². The van der Waals surface area contributed by atoms with E-state index in [9.17, 15) is 14.4 Å². The smallest absolute Gasteiger partial charge is 0.231 e. The van der Waals surface area contributed by atoms with Gasteiger partial charge in [-0.1, -0.05) is 32.9 Å². The quantitative estimate of drug-likeness (QED) is 0.867.